The second-order valence-electron chi connectivity index (χ2n) is 10.4. The fourth-order valence-electron chi connectivity index (χ4n) is 4.64. The molecule has 222 valence electrons. The number of hydrogen-bond donors (Lipinski definition) is 0. The van der Waals surface area contributed by atoms with E-state index in [2.05, 4.69) is 12.1 Å². The van der Waals surface area contributed by atoms with Gasteiger partial charge in [-0.25, -0.2) is 4.79 Å². The van der Waals surface area contributed by atoms with Crippen molar-refractivity contribution in [1.29, 1.82) is 0 Å². The molecular formula is C37H38O6. The number of carbonyl (C=O) groups is 3. The molecule has 4 aromatic rings. The van der Waals surface area contributed by atoms with Crippen LogP contribution < -0.4 is 9.47 Å². The van der Waals surface area contributed by atoms with Crippen LogP contribution in [0.3, 0.4) is 0 Å². The molecule has 4 rings (SSSR count). The lowest BCUT2D eigenvalue weighted by Crippen LogP contribution is -2.07. The van der Waals surface area contributed by atoms with Crippen molar-refractivity contribution in [3.8, 4) is 11.5 Å². The molecule has 0 amide bonds. The lowest BCUT2D eigenvalue weighted by molar-refractivity contribution is -0.131. The monoisotopic (exact) mass is 578 g/mol. The first kappa shape index (κ1) is 31.2. The molecule has 0 saturated heterocycles. The summed E-state index contributed by atoms with van der Waals surface area (Å²) in [6.07, 6.45) is 6.92. The topological polar surface area (TPSA) is 78.9 Å². The number of benzene rings is 4. The van der Waals surface area contributed by atoms with E-state index in [1.54, 1.807) is 36.4 Å². The van der Waals surface area contributed by atoms with Gasteiger partial charge in [-0.15, -0.1) is 0 Å². The fraction of sp³-hybridized carbons (Fsp3) is 0.270. The highest BCUT2D eigenvalue weighted by molar-refractivity contribution is 6.09. The van der Waals surface area contributed by atoms with Crippen LogP contribution in [-0.2, 0) is 16.0 Å². The zero-order chi connectivity index (χ0) is 30.3. The molecule has 0 aliphatic rings. The van der Waals surface area contributed by atoms with E-state index < -0.39 is 0 Å². The highest BCUT2D eigenvalue weighted by Gasteiger charge is 2.11. The van der Waals surface area contributed by atoms with E-state index >= 15 is 0 Å². The van der Waals surface area contributed by atoms with Gasteiger partial charge in [0.15, 0.2) is 5.78 Å². The minimum atomic E-state index is -0.362. The SMILES string of the molecule is CC(=O)Oc1ccc(Cc2ccc(OCCCCCCCCOC(=O)c3ccc(C(=O)c4ccccc4)cc3)cc2)cc1. The number of rotatable bonds is 16. The molecule has 6 heteroatoms. The summed E-state index contributed by atoms with van der Waals surface area (Å²) in [5.74, 6) is 0.671. The van der Waals surface area contributed by atoms with Crippen LogP contribution in [0.4, 0.5) is 0 Å². The summed E-state index contributed by atoms with van der Waals surface area (Å²) in [7, 11) is 0. The van der Waals surface area contributed by atoms with Crippen LogP contribution in [0.2, 0.25) is 0 Å². The highest BCUT2D eigenvalue weighted by atomic mass is 16.5. The van der Waals surface area contributed by atoms with Crippen molar-refractivity contribution in [3.05, 3.63) is 131 Å². The Hall–Kier alpha value is -4.71. The molecule has 0 radical (unpaired) electrons. The van der Waals surface area contributed by atoms with Gasteiger partial charge in [0.05, 0.1) is 18.8 Å². The molecule has 0 unspecified atom stereocenters. The minimum Gasteiger partial charge on any atom is -0.494 e. The molecule has 0 heterocycles. The lowest BCUT2D eigenvalue weighted by atomic mass is 10.0. The van der Waals surface area contributed by atoms with E-state index in [4.69, 9.17) is 14.2 Å². The third-order valence-corrected chi connectivity index (χ3v) is 6.98. The molecule has 4 aromatic carbocycles. The normalized spacial score (nSPS) is 10.6. The summed E-state index contributed by atoms with van der Waals surface area (Å²) >= 11 is 0. The van der Waals surface area contributed by atoms with Crippen LogP contribution in [-0.4, -0.2) is 30.9 Å². The van der Waals surface area contributed by atoms with E-state index in [0.717, 1.165) is 56.3 Å². The molecular weight excluding hydrogens is 540 g/mol. The Kier molecular flexibility index (Phi) is 12.1. The maximum absolute atomic E-state index is 12.5. The summed E-state index contributed by atoms with van der Waals surface area (Å²) in [5, 5.41) is 0. The van der Waals surface area contributed by atoms with Gasteiger partial charge in [0.25, 0.3) is 0 Å². The summed E-state index contributed by atoms with van der Waals surface area (Å²) in [5.41, 5.74) is 3.95. The molecule has 0 aliphatic carbocycles. The Labute approximate surface area is 253 Å². The maximum atomic E-state index is 12.5. The molecule has 0 atom stereocenters. The number of esters is 2. The highest BCUT2D eigenvalue weighted by Crippen LogP contribution is 2.19. The van der Waals surface area contributed by atoms with Crippen molar-refractivity contribution in [2.45, 2.75) is 51.9 Å². The van der Waals surface area contributed by atoms with Crippen LogP contribution in [0, 0.1) is 0 Å². The summed E-state index contributed by atoms with van der Waals surface area (Å²) in [6, 6.07) is 31.4. The van der Waals surface area contributed by atoms with E-state index in [1.165, 1.54) is 12.5 Å². The van der Waals surface area contributed by atoms with Crippen LogP contribution >= 0.6 is 0 Å². The van der Waals surface area contributed by atoms with Gasteiger partial charge in [0, 0.05) is 18.1 Å². The molecule has 0 bridgehead atoms. The van der Waals surface area contributed by atoms with E-state index in [9.17, 15) is 14.4 Å². The smallest absolute Gasteiger partial charge is 0.338 e. The third kappa shape index (κ3) is 10.6. The molecule has 0 fully saturated rings. The van der Waals surface area contributed by atoms with Crippen LogP contribution in [0.5, 0.6) is 11.5 Å². The van der Waals surface area contributed by atoms with E-state index in [-0.39, 0.29) is 17.7 Å². The van der Waals surface area contributed by atoms with Crippen molar-refractivity contribution in [2.75, 3.05) is 13.2 Å². The fourth-order valence-corrected chi connectivity index (χ4v) is 4.64. The van der Waals surface area contributed by atoms with Crippen LogP contribution in [0.15, 0.2) is 103 Å². The van der Waals surface area contributed by atoms with Crippen molar-refractivity contribution < 1.29 is 28.6 Å². The zero-order valence-corrected chi connectivity index (χ0v) is 24.6. The first-order valence-electron chi connectivity index (χ1n) is 14.8. The quantitative estimate of drug-likeness (QED) is 0.0580. The Balaban J connectivity index is 1.02. The largest absolute Gasteiger partial charge is 0.494 e. The standard InChI is InChI=1S/C37H38O6/c1-28(38)43-35-23-15-30(16-24-35)27-29-13-21-34(22-14-29)41-25-9-4-2-3-5-10-26-42-37(40)33-19-17-32(18-20-33)36(39)31-11-7-6-8-12-31/h6-8,11-24H,2-5,9-10,25-27H2,1H3. The number of ketones is 1. The van der Waals surface area contributed by atoms with Gasteiger partial charge in [0.1, 0.15) is 11.5 Å². The molecule has 0 saturated carbocycles. The minimum absolute atomic E-state index is 0.0693. The second-order valence-corrected chi connectivity index (χ2v) is 10.4. The first-order chi connectivity index (χ1) is 21.0. The average molecular weight is 579 g/mol. The predicted molar refractivity (Wildman–Crippen MR) is 167 cm³/mol. The molecule has 0 aliphatic heterocycles. The first-order valence-corrected chi connectivity index (χ1v) is 14.8. The molecule has 0 N–H and O–H groups in total. The average Bonchev–Trinajstić information content (AvgIpc) is 3.03. The number of carbonyl (C=O) groups excluding carboxylic acids is 3. The van der Waals surface area contributed by atoms with Gasteiger partial charge < -0.3 is 14.2 Å². The summed E-state index contributed by atoms with van der Waals surface area (Å²) in [4.78, 5) is 35.9. The molecule has 43 heavy (non-hydrogen) atoms. The summed E-state index contributed by atoms with van der Waals surface area (Å²) in [6.45, 7) is 2.47. The maximum Gasteiger partial charge on any atom is 0.338 e. The van der Waals surface area contributed by atoms with Gasteiger partial charge in [-0.2, -0.15) is 0 Å². The lowest BCUT2D eigenvalue weighted by Gasteiger charge is -2.08. The Morgan fingerprint density at radius 3 is 1.65 bits per heavy atom. The Morgan fingerprint density at radius 1 is 0.535 bits per heavy atom. The van der Waals surface area contributed by atoms with Gasteiger partial charge in [-0.3, -0.25) is 9.59 Å². The second kappa shape index (κ2) is 16.7. The van der Waals surface area contributed by atoms with Crippen molar-refractivity contribution in [1.82, 2.24) is 0 Å². The van der Waals surface area contributed by atoms with Crippen molar-refractivity contribution in [2.24, 2.45) is 0 Å². The van der Waals surface area contributed by atoms with Crippen LogP contribution in [0.25, 0.3) is 0 Å². The number of hydrogen-bond acceptors (Lipinski definition) is 6. The number of ether oxygens (including phenoxy) is 3. The molecule has 0 spiro atoms. The Bertz CT molecular complexity index is 1440. The molecule has 6 nitrogen and oxygen atoms in total. The zero-order valence-electron chi connectivity index (χ0n) is 24.6. The van der Waals surface area contributed by atoms with Crippen molar-refractivity contribution >= 4 is 17.7 Å². The van der Waals surface area contributed by atoms with Gasteiger partial charge in [0.2, 0.25) is 0 Å². The molecule has 0 aromatic heterocycles. The van der Waals surface area contributed by atoms with E-state index in [1.807, 2.05) is 54.6 Å². The van der Waals surface area contributed by atoms with Gasteiger partial charge in [-0.1, -0.05) is 92.4 Å². The van der Waals surface area contributed by atoms with Gasteiger partial charge >= 0.3 is 11.9 Å². The number of unbranched alkanes of at least 4 members (excludes halogenated alkanes) is 5. The van der Waals surface area contributed by atoms with Crippen molar-refractivity contribution in [3.63, 3.8) is 0 Å². The third-order valence-electron chi connectivity index (χ3n) is 6.98. The van der Waals surface area contributed by atoms with Crippen LogP contribution in [0.1, 0.15) is 82.9 Å². The predicted octanol–water partition coefficient (Wildman–Crippen LogP) is 8.01. The van der Waals surface area contributed by atoms with E-state index in [0.29, 0.717) is 35.7 Å². The Morgan fingerprint density at radius 2 is 1.05 bits per heavy atom. The summed E-state index contributed by atoms with van der Waals surface area (Å²) < 4.78 is 16.4. The van der Waals surface area contributed by atoms with Gasteiger partial charge in [-0.05, 0) is 66.8 Å².